The van der Waals surface area contributed by atoms with Crippen LogP contribution in [0, 0.1) is 0 Å². The molecular weight excluding hydrogens is 464 g/mol. The monoisotopic (exact) mass is 484 g/mol. The maximum atomic E-state index is 13.1. The van der Waals surface area contributed by atoms with Gasteiger partial charge in [0.05, 0.1) is 11.3 Å². The summed E-state index contributed by atoms with van der Waals surface area (Å²) in [5.74, 6) is -1.80. The Morgan fingerprint density at radius 1 is 1.19 bits per heavy atom. The first-order valence-corrected chi connectivity index (χ1v) is 12.6. The number of nitrogens with zero attached hydrogens (tertiary/aromatic N) is 4. The van der Waals surface area contributed by atoms with Crippen LogP contribution >= 0.6 is 0 Å². The van der Waals surface area contributed by atoms with Crippen LogP contribution in [0.1, 0.15) is 19.3 Å². The molecule has 5 N–H and O–H groups in total. The van der Waals surface area contributed by atoms with Gasteiger partial charge >= 0.3 is 0 Å². The van der Waals surface area contributed by atoms with E-state index in [1.165, 1.54) is 6.07 Å². The van der Waals surface area contributed by atoms with Gasteiger partial charge in [-0.05, 0) is 36.7 Å². The number of piperidine rings is 1. The molecule has 2 aromatic rings. The van der Waals surface area contributed by atoms with E-state index >= 15 is 0 Å². The Labute approximate surface area is 183 Å². The zero-order valence-electron chi connectivity index (χ0n) is 16.6. The standard InChI is InChI=1S/C16H20N8O6S2/c17-31(27,28)14-12(32(29,30)21-9-5-6-18-8-9)4-3-10(13(14)15-19-22-23-20-15)24-7-1-2-11(25)16(24)26/h3-4,9,18,21H,1-2,5-8H2,(H2,17,27,28)(H,19,20,22,23)/t9-/m1/s1. The molecule has 1 aromatic heterocycles. The lowest BCUT2D eigenvalue weighted by Crippen LogP contribution is -2.42. The molecule has 16 heteroatoms. The van der Waals surface area contributed by atoms with Crippen LogP contribution in [0.15, 0.2) is 21.9 Å². The van der Waals surface area contributed by atoms with E-state index in [4.69, 9.17) is 5.14 Å². The third-order valence-corrected chi connectivity index (χ3v) is 7.87. The number of amides is 1. The van der Waals surface area contributed by atoms with Crippen molar-refractivity contribution in [3.8, 4) is 11.4 Å². The number of aromatic amines is 1. The van der Waals surface area contributed by atoms with Crippen LogP contribution in [0.4, 0.5) is 5.69 Å². The van der Waals surface area contributed by atoms with E-state index in [0.29, 0.717) is 25.9 Å². The van der Waals surface area contributed by atoms with Gasteiger partial charge in [0.2, 0.25) is 31.7 Å². The first-order valence-electron chi connectivity index (χ1n) is 9.61. The largest absolute Gasteiger partial charge is 0.315 e. The van der Waals surface area contributed by atoms with E-state index in [9.17, 15) is 26.4 Å². The fourth-order valence-electron chi connectivity index (χ4n) is 3.78. The van der Waals surface area contributed by atoms with Crippen molar-refractivity contribution < 1.29 is 26.4 Å². The van der Waals surface area contributed by atoms with Crippen molar-refractivity contribution in [1.82, 2.24) is 30.7 Å². The SMILES string of the molecule is NS(=O)(=O)c1c(S(=O)(=O)N[C@@H]2CCNC2)ccc(N2CCCC(=O)C2=O)c1-c1nn[nH]n1. The Balaban J connectivity index is 1.97. The van der Waals surface area contributed by atoms with Crippen LogP contribution in [-0.2, 0) is 29.6 Å². The fraction of sp³-hybridized carbons (Fsp3) is 0.438. The Bertz CT molecular complexity index is 1270. The molecule has 0 saturated carbocycles. The van der Waals surface area contributed by atoms with E-state index in [1.54, 1.807) is 0 Å². The molecule has 172 valence electrons. The maximum absolute atomic E-state index is 13.1. The summed E-state index contributed by atoms with van der Waals surface area (Å²) in [7, 11) is -9.03. The summed E-state index contributed by atoms with van der Waals surface area (Å²) in [6, 6.07) is 1.83. The smallest absolute Gasteiger partial charge is 0.294 e. The molecule has 0 radical (unpaired) electrons. The zero-order valence-corrected chi connectivity index (χ0v) is 18.2. The lowest BCUT2D eigenvalue weighted by molar-refractivity contribution is -0.137. The zero-order chi connectivity index (χ0) is 23.1. The van der Waals surface area contributed by atoms with Crippen LogP contribution in [0.2, 0.25) is 0 Å². The van der Waals surface area contributed by atoms with Gasteiger partial charge in [0.25, 0.3) is 5.91 Å². The van der Waals surface area contributed by atoms with E-state index in [-0.39, 0.29) is 30.0 Å². The number of carbonyl (C=O) groups is 2. The summed E-state index contributed by atoms with van der Waals surface area (Å²) >= 11 is 0. The lowest BCUT2D eigenvalue weighted by Gasteiger charge is -2.28. The summed E-state index contributed by atoms with van der Waals surface area (Å²) in [6.45, 7) is 1.09. The highest BCUT2D eigenvalue weighted by molar-refractivity contribution is 7.92. The minimum Gasteiger partial charge on any atom is -0.315 e. The van der Waals surface area contributed by atoms with Crippen molar-refractivity contribution in [2.45, 2.75) is 35.1 Å². The van der Waals surface area contributed by atoms with Gasteiger partial charge in [-0.3, -0.25) is 9.59 Å². The van der Waals surface area contributed by atoms with E-state index in [1.807, 2.05) is 0 Å². The fourth-order valence-corrected chi connectivity index (χ4v) is 6.65. The first kappa shape index (κ1) is 22.4. The molecule has 0 spiro atoms. The Morgan fingerprint density at radius 2 is 1.97 bits per heavy atom. The molecule has 1 aromatic carbocycles. The van der Waals surface area contributed by atoms with Gasteiger partial charge in [0.15, 0.2) is 0 Å². The van der Waals surface area contributed by atoms with Crippen molar-refractivity contribution in [3.63, 3.8) is 0 Å². The maximum Gasteiger partial charge on any atom is 0.294 e. The Morgan fingerprint density at radius 3 is 2.59 bits per heavy atom. The molecule has 14 nitrogen and oxygen atoms in total. The highest BCUT2D eigenvalue weighted by Crippen LogP contribution is 2.39. The van der Waals surface area contributed by atoms with E-state index in [0.717, 1.165) is 11.0 Å². The number of rotatable bonds is 6. The van der Waals surface area contributed by atoms with E-state index in [2.05, 4.69) is 30.7 Å². The van der Waals surface area contributed by atoms with Gasteiger partial charge in [-0.15, -0.1) is 10.2 Å². The third kappa shape index (κ3) is 4.14. The van der Waals surface area contributed by atoms with Crippen LogP contribution in [-0.4, -0.2) is 74.8 Å². The lowest BCUT2D eigenvalue weighted by atomic mass is 10.1. The van der Waals surface area contributed by atoms with Crippen molar-refractivity contribution in [2.75, 3.05) is 24.5 Å². The van der Waals surface area contributed by atoms with Crippen molar-refractivity contribution >= 4 is 37.4 Å². The highest BCUT2D eigenvalue weighted by atomic mass is 32.2. The van der Waals surface area contributed by atoms with Crippen LogP contribution in [0.3, 0.4) is 0 Å². The van der Waals surface area contributed by atoms with Gasteiger partial charge in [-0.25, -0.2) is 26.7 Å². The third-order valence-electron chi connectivity index (χ3n) is 5.18. The van der Waals surface area contributed by atoms with E-state index < -0.39 is 47.6 Å². The first-order chi connectivity index (χ1) is 15.1. The number of tetrazole rings is 1. The van der Waals surface area contributed by atoms with Crippen LogP contribution in [0.5, 0.6) is 0 Å². The average molecular weight is 485 g/mol. The molecule has 2 fully saturated rings. The Kier molecular flexibility index (Phi) is 5.80. The number of H-pyrrole nitrogens is 1. The molecule has 2 aliphatic rings. The topological polar surface area (TPSA) is 210 Å². The van der Waals surface area contributed by atoms with Crippen LogP contribution in [0.25, 0.3) is 11.4 Å². The highest BCUT2D eigenvalue weighted by Gasteiger charge is 2.37. The molecule has 2 saturated heterocycles. The van der Waals surface area contributed by atoms with Crippen LogP contribution < -0.4 is 20.1 Å². The normalized spacial score (nSPS) is 20.2. The molecule has 2 aliphatic heterocycles. The van der Waals surface area contributed by atoms with Crippen molar-refractivity contribution in [1.29, 1.82) is 0 Å². The molecule has 32 heavy (non-hydrogen) atoms. The molecule has 0 bridgehead atoms. The number of hydrogen-bond donors (Lipinski definition) is 4. The number of ketones is 1. The molecule has 1 amide bonds. The number of sulfonamides is 2. The second-order valence-corrected chi connectivity index (χ2v) is 10.5. The summed E-state index contributed by atoms with van der Waals surface area (Å²) in [5, 5.41) is 21.6. The number of nitrogens with one attached hydrogen (secondary N) is 3. The summed E-state index contributed by atoms with van der Waals surface area (Å²) in [4.78, 5) is 24.2. The molecule has 3 heterocycles. The number of carbonyl (C=O) groups excluding carboxylic acids is 2. The number of primary sulfonamides is 1. The second-order valence-electron chi connectivity index (χ2n) is 7.36. The van der Waals surface area contributed by atoms with Gasteiger partial charge in [-0.2, -0.15) is 5.21 Å². The number of nitrogens with two attached hydrogens (primary N) is 1. The molecular formula is C16H20N8O6S2. The predicted molar refractivity (Wildman–Crippen MR) is 109 cm³/mol. The second kappa shape index (κ2) is 8.28. The summed E-state index contributed by atoms with van der Waals surface area (Å²) in [6.07, 6.45) is 0.919. The number of benzene rings is 1. The van der Waals surface area contributed by atoms with Gasteiger partial charge in [-0.1, -0.05) is 0 Å². The molecule has 1 atom stereocenters. The quantitative estimate of drug-likeness (QED) is 0.326. The summed E-state index contributed by atoms with van der Waals surface area (Å²) in [5.41, 5.74) is -0.397. The summed E-state index contributed by atoms with van der Waals surface area (Å²) < 4.78 is 54.0. The minimum atomic E-state index is -4.68. The van der Waals surface area contributed by atoms with Crippen molar-refractivity contribution in [3.05, 3.63) is 12.1 Å². The minimum absolute atomic E-state index is 0.0563. The predicted octanol–water partition coefficient (Wildman–Crippen LogP) is -2.15. The number of Topliss-reactive ketones (excluding diaryl/α,β-unsaturated/α-hetero) is 1. The van der Waals surface area contributed by atoms with Gasteiger partial charge in [0, 0.05) is 25.6 Å². The van der Waals surface area contributed by atoms with Gasteiger partial charge < -0.3 is 10.2 Å². The number of aromatic nitrogens is 4. The average Bonchev–Trinajstić information content (AvgIpc) is 3.42. The number of anilines is 1. The van der Waals surface area contributed by atoms with Crippen molar-refractivity contribution in [2.24, 2.45) is 5.14 Å². The van der Waals surface area contributed by atoms with Gasteiger partial charge in [0.1, 0.15) is 9.79 Å². The molecule has 0 unspecified atom stereocenters. The Hall–Kier alpha value is -2.79. The molecule has 4 rings (SSSR count). The number of hydrogen-bond acceptors (Lipinski definition) is 10. The molecule has 0 aliphatic carbocycles.